The minimum absolute atomic E-state index is 0.0349. The van der Waals surface area contributed by atoms with Crippen LogP contribution in [0.4, 0.5) is 0 Å². The SMILES string of the molecule is C[C@@H](N)C(=O)N1CCCC(CCO)C1. The van der Waals surface area contributed by atoms with E-state index in [0.29, 0.717) is 5.92 Å². The summed E-state index contributed by atoms with van der Waals surface area (Å²) in [6, 6.07) is -0.400. The first kappa shape index (κ1) is 11.5. The number of hydrogen-bond donors (Lipinski definition) is 2. The van der Waals surface area contributed by atoms with Gasteiger partial charge in [-0.15, -0.1) is 0 Å². The fourth-order valence-electron chi connectivity index (χ4n) is 1.97. The normalized spacial score (nSPS) is 24.8. The van der Waals surface area contributed by atoms with Crippen molar-refractivity contribution in [3.63, 3.8) is 0 Å². The van der Waals surface area contributed by atoms with Crippen molar-refractivity contribution in [3.8, 4) is 0 Å². The van der Waals surface area contributed by atoms with Crippen LogP contribution in [0.1, 0.15) is 26.2 Å². The number of aliphatic hydroxyl groups is 1. The molecular weight excluding hydrogens is 180 g/mol. The zero-order chi connectivity index (χ0) is 10.6. The lowest BCUT2D eigenvalue weighted by atomic mass is 9.95. The van der Waals surface area contributed by atoms with Crippen LogP contribution in [0.15, 0.2) is 0 Å². The molecule has 0 saturated carbocycles. The van der Waals surface area contributed by atoms with Gasteiger partial charge in [-0.1, -0.05) is 0 Å². The van der Waals surface area contributed by atoms with Crippen molar-refractivity contribution >= 4 is 5.91 Å². The number of rotatable bonds is 3. The summed E-state index contributed by atoms with van der Waals surface area (Å²) in [5, 5.41) is 8.82. The van der Waals surface area contributed by atoms with Gasteiger partial charge in [0, 0.05) is 19.7 Å². The van der Waals surface area contributed by atoms with Gasteiger partial charge in [0.25, 0.3) is 0 Å². The molecule has 1 saturated heterocycles. The Bertz CT molecular complexity index is 193. The lowest BCUT2D eigenvalue weighted by Crippen LogP contribution is -2.46. The van der Waals surface area contributed by atoms with Crippen LogP contribution in [0, 0.1) is 5.92 Å². The Labute approximate surface area is 85.1 Å². The standard InChI is InChI=1S/C10H20N2O2/c1-8(11)10(14)12-5-2-3-9(7-12)4-6-13/h8-9,13H,2-7,11H2,1H3/t8-,9?/m1/s1. The molecule has 2 atom stereocenters. The average Bonchev–Trinajstić information content (AvgIpc) is 2.17. The van der Waals surface area contributed by atoms with Crippen molar-refractivity contribution in [3.05, 3.63) is 0 Å². The zero-order valence-electron chi connectivity index (χ0n) is 8.78. The predicted molar refractivity (Wildman–Crippen MR) is 54.7 cm³/mol. The summed E-state index contributed by atoms with van der Waals surface area (Å²) < 4.78 is 0. The first-order valence-corrected chi connectivity index (χ1v) is 5.30. The van der Waals surface area contributed by atoms with Gasteiger partial charge in [0.05, 0.1) is 6.04 Å². The van der Waals surface area contributed by atoms with Gasteiger partial charge in [0.1, 0.15) is 0 Å². The highest BCUT2D eigenvalue weighted by molar-refractivity contribution is 5.81. The minimum Gasteiger partial charge on any atom is -0.396 e. The summed E-state index contributed by atoms with van der Waals surface area (Å²) in [6.07, 6.45) is 2.94. The van der Waals surface area contributed by atoms with E-state index in [9.17, 15) is 4.79 Å². The van der Waals surface area contributed by atoms with Crippen LogP contribution in [-0.2, 0) is 4.79 Å². The Morgan fingerprint density at radius 3 is 3.00 bits per heavy atom. The van der Waals surface area contributed by atoms with E-state index < -0.39 is 6.04 Å². The van der Waals surface area contributed by atoms with E-state index >= 15 is 0 Å². The monoisotopic (exact) mass is 200 g/mol. The van der Waals surface area contributed by atoms with Crippen LogP contribution >= 0.6 is 0 Å². The number of hydrogen-bond acceptors (Lipinski definition) is 3. The second-order valence-electron chi connectivity index (χ2n) is 4.09. The van der Waals surface area contributed by atoms with E-state index in [-0.39, 0.29) is 12.5 Å². The van der Waals surface area contributed by atoms with Crippen LogP contribution in [0.25, 0.3) is 0 Å². The highest BCUT2D eigenvalue weighted by atomic mass is 16.3. The number of carbonyl (C=O) groups is 1. The first-order valence-electron chi connectivity index (χ1n) is 5.30. The molecule has 0 aromatic carbocycles. The maximum Gasteiger partial charge on any atom is 0.239 e. The number of amides is 1. The van der Waals surface area contributed by atoms with Crippen molar-refractivity contribution < 1.29 is 9.90 Å². The zero-order valence-corrected chi connectivity index (χ0v) is 8.78. The highest BCUT2D eigenvalue weighted by Crippen LogP contribution is 2.19. The van der Waals surface area contributed by atoms with Gasteiger partial charge in [-0.05, 0) is 32.1 Å². The van der Waals surface area contributed by atoms with Crippen LogP contribution in [-0.4, -0.2) is 41.7 Å². The van der Waals surface area contributed by atoms with Crippen molar-refractivity contribution in [1.82, 2.24) is 4.90 Å². The van der Waals surface area contributed by atoms with Crippen molar-refractivity contribution in [2.75, 3.05) is 19.7 Å². The van der Waals surface area contributed by atoms with Crippen molar-refractivity contribution in [2.24, 2.45) is 11.7 Å². The molecule has 1 heterocycles. The summed E-state index contributed by atoms with van der Waals surface area (Å²) >= 11 is 0. The summed E-state index contributed by atoms with van der Waals surface area (Å²) in [4.78, 5) is 13.4. The molecule has 0 aliphatic carbocycles. The van der Waals surface area contributed by atoms with Gasteiger partial charge in [0.15, 0.2) is 0 Å². The Morgan fingerprint density at radius 2 is 2.43 bits per heavy atom. The molecular formula is C10H20N2O2. The molecule has 1 aliphatic rings. The van der Waals surface area contributed by atoms with E-state index in [1.54, 1.807) is 6.92 Å². The van der Waals surface area contributed by atoms with Crippen LogP contribution in [0.3, 0.4) is 0 Å². The number of carbonyl (C=O) groups excluding carboxylic acids is 1. The predicted octanol–water partition coefficient (Wildman–Crippen LogP) is -0.0454. The summed E-state index contributed by atoms with van der Waals surface area (Å²) in [6.45, 7) is 3.52. The van der Waals surface area contributed by atoms with E-state index in [2.05, 4.69) is 0 Å². The number of nitrogens with two attached hydrogens (primary N) is 1. The molecule has 1 aliphatic heterocycles. The smallest absolute Gasteiger partial charge is 0.239 e. The fourth-order valence-corrected chi connectivity index (χ4v) is 1.97. The van der Waals surface area contributed by atoms with Crippen molar-refractivity contribution in [1.29, 1.82) is 0 Å². The molecule has 1 unspecified atom stereocenters. The second-order valence-corrected chi connectivity index (χ2v) is 4.09. The molecule has 1 rings (SSSR count). The number of aliphatic hydroxyl groups excluding tert-OH is 1. The lowest BCUT2D eigenvalue weighted by Gasteiger charge is -2.33. The summed E-state index contributed by atoms with van der Waals surface area (Å²) in [5.74, 6) is 0.490. The van der Waals surface area contributed by atoms with Gasteiger partial charge in [0.2, 0.25) is 5.91 Å². The first-order chi connectivity index (χ1) is 6.65. The van der Waals surface area contributed by atoms with Crippen LogP contribution < -0.4 is 5.73 Å². The number of piperidine rings is 1. The van der Waals surface area contributed by atoms with Gasteiger partial charge in [-0.2, -0.15) is 0 Å². The molecule has 3 N–H and O–H groups in total. The van der Waals surface area contributed by atoms with E-state index in [1.807, 2.05) is 4.90 Å². The maximum absolute atomic E-state index is 11.6. The van der Waals surface area contributed by atoms with E-state index in [1.165, 1.54) is 0 Å². The summed E-state index contributed by atoms with van der Waals surface area (Å²) in [7, 11) is 0. The van der Waals surface area contributed by atoms with E-state index in [0.717, 1.165) is 32.4 Å². The fraction of sp³-hybridized carbons (Fsp3) is 0.900. The third-order valence-electron chi connectivity index (χ3n) is 2.76. The molecule has 82 valence electrons. The van der Waals surface area contributed by atoms with Crippen LogP contribution in [0.5, 0.6) is 0 Å². The Hall–Kier alpha value is -0.610. The third-order valence-corrected chi connectivity index (χ3v) is 2.76. The molecule has 4 heteroatoms. The molecule has 0 spiro atoms. The maximum atomic E-state index is 11.6. The average molecular weight is 200 g/mol. The van der Waals surface area contributed by atoms with Gasteiger partial charge >= 0.3 is 0 Å². The Balaban J connectivity index is 2.43. The molecule has 14 heavy (non-hydrogen) atoms. The topological polar surface area (TPSA) is 66.6 Å². The Morgan fingerprint density at radius 1 is 1.71 bits per heavy atom. The van der Waals surface area contributed by atoms with Gasteiger partial charge < -0.3 is 15.7 Å². The largest absolute Gasteiger partial charge is 0.396 e. The minimum atomic E-state index is -0.400. The highest BCUT2D eigenvalue weighted by Gasteiger charge is 2.24. The lowest BCUT2D eigenvalue weighted by molar-refractivity contribution is -0.134. The molecule has 0 aromatic heterocycles. The van der Waals surface area contributed by atoms with Gasteiger partial charge in [-0.25, -0.2) is 0 Å². The molecule has 0 bridgehead atoms. The molecule has 0 radical (unpaired) electrons. The van der Waals surface area contributed by atoms with E-state index in [4.69, 9.17) is 10.8 Å². The molecule has 0 aromatic rings. The summed E-state index contributed by atoms with van der Waals surface area (Å²) in [5.41, 5.74) is 5.55. The van der Waals surface area contributed by atoms with Gasteiger partial charge in [-0.3, -0.25) is 4.79 Å². The van der Waals surface area contributed by atoms with Crippen LogP contribution in [0.2, 0.25) is 0 Å². The Kier molecular flexibility index (Phi) is 4.35. The molecule has 1 amide bonds. The van der Waals surface area contributed by atoms with Crippen molar-refractivity contribution in [2.45, 2.75) is 32.2 Å². The molecule has 4 nitrogen and oxygen atoms in total. The number of nitrogens with zero attached hydrogens (tertiary/aromatic N) is 1. The molecule has 1 fully saturated rings. The third kappa shape index (κ3) is 2.96. The number of likely N-dealkylation sites (tertiary alicyclic amines) is 1. The second kappa shape index (κ2) is 5.32. The quantitative estimate of drug-likeness (QED) is 0.671.